The van der Waals surface area contributed by atoms with Crippen molar-refractivity contribution in [3.05, 3.63) is 22.7 Å². The number of hydrogen-bond acceptors (Lipinski definition) is 4. The second kappa shape index (κ2) is 4.50. The molecule has 5 N–H and O–H groups in total. The highest BCUT2D eigenvalue weighted by Gasteiger charge is 2.17. The molecule has 1 aromatic carbocycles. The predicted octanol–water partition coefficient (Wildman–Crippen LogP) is 1.01. The number of hydrogen-bond donors (Lipinski definition) is 3. The van der Waals surface area contributed by atoms with E-state index >= 15 is 0 Å². The van der Waals surface area contributed by atoms with Crippen LogP contribution in [0, 0.1) is 0 Å². The minimum absolute atomic E-state index is 0.0658. The highest BCUT2D eigenvalue weighted by atomic mass is 35.5. The summed E-state index contributed by atoms with van der Waals surface area (Å²) in [5.74, 6) is 0.425. The summed E-state index contributed by atoms with van der Waals surface area (Å²) in [7, 11) is 1.50. The zero-order valence-corrected chi connectivity index (χ0v) is 8.58. The van der Waals surface area contributed by atoms with Crippen LogP contribution in [0.3, 0.4) is 0 Å². The van der Waals surface area contributed by atoms with E-state index in [1.807, 2.05) is 0 Å². The summed E-state index contributed by atoms with van der Waals surface area (Å²) in [6.07, 6.45) is 0. The van der Waals surface area contributed by atoms with Crippen molar-refractivity contribution in [2.75, 3.05) is 13.7 Å². The molecule has 0 fully saturated rings. The first-order valence-electron chi connectivity index (χ1n) is 4.12. The minimum atomic E-state index is -0.483. The highest BCUT2D eigenvalue weighted by Crippen LogP contribution is 2.37. The molecule has 1 atom stereocenters. The van der Waals surface area contributed by atoms with Gasteiger partial charge in [0.15, 0.2) is 0 Å². The van der Waals surface area contributed by atoms with Crippen molar-refractivity contribution in [1.29, 1.82) is 0 Å². The summed E-state index contributed by atoms with van der Waals surface area (Å²) in [6.45, 7) is 0.213. The molecule has 0 aliphatic carbocycles. The number of methoxy groups -OCH3 is 1. The van der Waals surface area contributed by atoms with Gasteiger partial charge in [0.25, 0.3) is 0 Å². The number of halogens is 1. The van der Waals surface area contributed by atoms with Crippen LogP contribution >= 0.6 is 11.6 Å². The Hall–Kier alpha value is -0.970. The van der Waals surface area contributed by atoms with Crippen molar-refractivity contribution in [3.8, 4) is 11.5 Å². The number of phenols is 1. The van der Waals surface area contributed by atoms with Crippen LogP contribution in [-0.4, -0.2) is 18.8 Å². The molecule has 0 saturated carbocycles. The van der Waals surface area contributed by atoms with E-state index in [0.29, 0.717) is 11.3 Å². The molecule has 0 unspecified atom stereocenters. The van der Waals surface area contributed by atoms with Crippen LogP contribution in [0.15, 0.2) is 12.1 Å². The van der Waals surface area contributed by atoms with Crippen molar-refractivity contribution in [2.45, 2.75) is 6.04 Å². The molecule has 0 aliphatic heterocycles. The van der Waals surface area contributed by atoms with E-state index in [1.165, 1.54) is 7.11 Å². The maximum absolute atomic E-state index is 9.66. The molecule has 0 aromatic heterocycles. The van der Waals surface area contributed by atoms with Gasteiger partial charge in [-0.15, -0.1) is 0 Å². The Labute approximate surface area is 87.4 Å². The highest BCUT2D eigenvalue weighted by molar-refractivity contribution is 6.32. The fourth-order valence-electron chi connectivity index (χ4n) is 1.22. The van der Waals surface area contributed by atoms with E-state index in [1.54, 1.807) is 12.1 Å². The molecule has 0 bridgehead atoms. The second-order valence-electron chi connectivity index (χ2n) is 2.85. The summed E-state index contributed by atoms with van der Waals surface area (Å²) >= 11 is 5.74. The van der Waals surface area contributed by atoms with Crippen LogP contribution in [0.5, 0.6) is 11.5 Å². The largest absolute Gasteiger partial charge is 0.506 e. The molecule has 1 aromatic rings. The fraction of sp³-hybridized carbons (Fsp3) is 0.333. The molecule has 0 spiro atoms. The van der Waals surface area contributed by atoms with Crippen LogP contribution in [0.4, 0.5) is 0 Å². The molecule has 14 heavy (non-hydrogen) atoms. The number of rotatable bonds is 3. The predicted molar refractivity (Wildman–Crippen MR) is 55.7 cm³/mol. The lowest BCUT2D eigenvalue weighted by Gasteiger charge is -2.16. The van der Waals surface area contributed by atoms with Crippen LogP contribution in [0.1, 0.15) is 11.6 Å². The Bertz CT molecular complexity index is 331. The van der Waals surface area contributed by atoms with E-state index in [-0.39, 0.29) is 17.3 Å². The Morgan fingerprint density at radius 1 is 1.57 bits per heavy atom. The van der Waals surface area contributed by atoms with Crippen molar-refractivity contribution in [3.63, 3.8) is 0 Å². The van der Waals surface area contributed by atoms with Gasteiger partial charge in [-0.2, -0.15) is 0 Å². The van der Waals surface area contributed by atoms with Crippen molar-refractivity contribution in [2.24, 2.45) is 11.5 Å². The van der Waals surface area contributed by atoms with E-state index in [4.69, 9.17) is 27.8 Å². The summed E-state index contributed by atoms with van der Waals surface area (Å²) in [4.78, 5) is 0. The lowest BCUT2D eigenvalue weighted by molar-refractivity contribution is 0.394. The number of phenolic OH excluding ortho intramolecular Hbond substituents is 1. The topological polar surface area (TPSA) is 81.5 Å². The third-order valence-corrected chi connectivity index (χ3v) is 2.28. The number of nitrogens with two attached hydrogens (primary N) is 2. The number of aromatic hydroxyl groups is 1. The van der Waals surface area contributed by atoms with E-state index in [2.05, 4.69) is 0 Å². The third kappa shape index (κ3) is 1.92. The number of benzene rings is 1. The van der Waals surface area contributed by atoms with Gasteiger partial charge < -0.3 is 21.3 Å². The molecule has 0 heterocycles. The first kappa shape index (κ1) is 11.1. The van der Waals surface area contributed by atoms with Gasteiger partial charge in [0.05, 0.1) is 17.7 Å². The fourth-order valence-corrected chi connectivity index (χ4v) is 1.38. The summed E-state index contributed by atoms with van der Waals surface area (Å²) in [6, 6.07) is 2.71. The van der Waals surface area contributed by atoms with E-state index in [9.17, 15) is 5.11 Å². The maximum atomic E-state index is 9.66. The van der Waals surface area contributed by atoms with Crippen molar-refractivity contribution in [1.82, 2.24) is 0 Å². The number of ether oxygens (including phenoxy) is 1. The quantitative estimate of drug-likeness (QED) is 0.705. The van der Waals surface area contributed by atoms with Gasteiger partial charge in [0, 0.05) is 12.6 Å². The Morgan fingerprint density at radius 3 is 2.71 bits per heavy atom. The maximum Gasteiger partial charge on any atom is 0.142 e. The molecule has 1 rings (SSSR count). The molecule has 4 nitrogen and oxygen atoms in total. The van der Waals surface area contributed by atoms with Crippen LogP contribution < -0.4 is 16.2 Å². The van der Waals surface area contributed by atoms with Gasteiger partial charge in [0.1, 0.15) is 11.5 Å². The normalized spacial score (nSPS) is 12.6. The Balaban J connectivity index is 3.27. The molecule has 78 valence electrons. The lowest BCUT2D eigenvalue weighted by atomic mass is 10.1. The molecule has 5 heteroatoms. The Kier molecular flexibility index (Phi) is 3.57. The van der Waals surface area contributed by atoms with Gasteiger partial charge in [0.2, 0.25) is 0 Å². The first-order chi connectivity index (χ1) is 6.61. The van der Waals surface area contributed by atoms with Gasteiger partial charge in [-0.3, -0.25) is 0 Å². The van der Waals surface area contributed by atoms with Gasteiger partial charge in [-0.05, 0) is 12.1 Å². The average molecular weight is 217 g/mol. The smallest absolute Gasteiger partial charge is 0.142 e. The molecule has 0 amide bonds. The summed E-state index contributed by atoms with van der Waals surface area (Å²) < 4.78 is 5.05. The third-order valence-electron chi connectivity index (χ3n) is 1.97. The average Bonchev–Trinajstić information content (AvgIpc) is 2.20. The van der Waals surface area contributed by atoms with Gasteiger partial charge in [-0.1, -0.05) is 11.6 Å². The zero-order valence-electron chi connectivity index (χ0n) is 7.83. The van der Waals surface area contributed by atoms with Crippen LogP contribution in [-0.2, 0) is 0 Å². The summed E-state index contributed by atoms with van der Waals surface area (Å²) in [5.41, 5.74) is 11.6. The van der Waals surface area contributed by atoms with E-state index < -0.39 is 6.04 Å². The lowest BCUT2D eigenvalue weighted by Crippen LogP contribution is -2.21. The standard InChI is InChI=1S/C9H13ClN2O2/c1-14-7-3-2-5(10)9(13)8(7)6(12)4-11/h2-3,6,13H,4,11-12H2,1H3/t6-/m1/s1. The molecular formula is C9H13ClN2O2. The van der Waals surface area contributed by atoms with Gasteiger partial charge in [-0.25, -0.2) is 0 Å². The minimum Gasteiger partial charge on any atom is -0.506 e. The van der Waals surface area contributed by atoms with E-state index in [0.717, 1.165) is 0 Å². The molecule has 0 saturated heterocycles. The van der Waals surface area contributed by atoms with Crippen LogP contribution in [0.2, 0.25) is 5.02 Å². The van der Waals surface area contributed by atoms with Crippen molar-refractivity contribution < 1.29 is 9.84 Å². The molecule has 0 radical (unpaired) electrons. The molecule has 0 aliphatic rings. The zero-order chi connectivity index (χ0) is 10.7. The monoisotopic (exact) mass is 216 g/mol. The Morgan fingerprint density at radius 2 is 2.21 bits per heavy atom. The second-order valence-corrected chi connectivity index (χ2v) is 3.26. The van der Waals surface area contributed by atoms with Gasteiger partial charge >= 0.3 is 0 Å². The van der Waals surface area contributed by atoms with Crippen molar-refractivity contribution >= 4 is 11.6 Å². The summed E-state index contributed by atoms with van der Waals surface area (Å²) in [5, 5.41) is 9.90. The van der Waals surface area contributed by atoms with Crippen LogP contribution in [0.25, 0.3) is 0 Å². The molecular weight excluding hydrogens is 204 g/mol. The first-order valence-corrected chi connectivity index (χ1v) is 4.50. The SMILES string of the molecule is COc1ccc(Cl)c(O)c1[C@H](N)CN.